The summed E-state index contributed by atoms with van der Waals surface area (Å²) >= 11 is 0. The molecule has 3 N–H and O–H groups in total. The molecular formula is C17H26N2O2. The van der Waals surface area contributed by atoms with Crippen LogP contribution in [0.1, 0.15) is 39.0 Å². The van der Waals surface area contributed by atoms with Crippen LogP contribution in [0, 0.1) is 11.8 Å². The van der Waals surface area contributed by atoms with Crippen molar-refractivity contribution < 1.29 is 9.53 Å². The third-order valence-corrected chi connectivity index (χ3v) is 4.41. The lowest BCUT2D eigenvalue weighted by atomic mass is 9.81. The molecule has 0 aliphatic heterocycles. The molecule has 4 heteroatoms. The molecule has 0 spiro atoms. The molecule has 1 aliphatic carbocycles. The molecule has 1 saturated carbocycles. The number of para-hydroxylation sites is 2. The van der Waals surface area contributed by atoms with E-state index in [9.17, 15) is 4.79 Å². The minimum atomic E-state index is -0.0733. The van der Waals surface area contributed by atoms with Crippen LogP contribution in [0.2, 0.25) is 0 Å². The van der Waals surface area contributed by atoms with Gasteiger partial charge in [-0.2, -0.15) is 0 Å². The Morgan fingerprint density at radius 2 is 1.90 bits per heavy atom. The number of hydrogen-bond acceptors (Lipinski definition) is 3. The summed E-state index contributed by atoms with van der Waals surface area (Å²) in [5.41, 5.74) is 6.33. The van der Waals surface area contributed by atoms with E-state index >= 15 is 0 Å². The number of benzene rings is 1. The van der Waals surface area contributed by atoms with Crippen LogP contribution in [-0.4, -0.2) is 19.1 Å². The highest BCUT2D eigenvalue weighted by molar-refractivity contribution is 5.77. The normalized spacial score (nSPS) is 21.8. The van der Waals surface area contributed by atoms with Gasteiger partial charge in [0.15, 0.2) is 6.61 Å². The van der Waals surface area contributed by atoms with Crippen LogP contribution in [0.15, 0.2) is 24.3 Å². The van der Waals surface area contributed by atoms with Crippen molar-refractivity contribution in [2.45, 2.75) is 39.0 Å². The summed E-state index contributed by atoms with van der Waals surface area (Å²) in [5, 5.41) is 2.97. The molecule has 1 aliphatic rings. The molecule has 1 fully saturated rings. The molecule has 0 bridgehead atoms. The highest BCUT2D eigenvalue weighted by atomic mass is 16.5. The Morgan fingerprint density at radius 3 is 2.57 bits per heavy atom. The second-order valence-electron chi connectivity index (χ2n) is 5.93. The van der Waals surface area contributed by atoms with Crippen LogP contribution in [-0.2, 0) is 4.79 Å². The fraction of sp³-hybridized carbons (Fsp3) is 0.588. The number of anilines is 1. The maximum absolute atomic E-state index is 11.8. The maximum Gasteiger partial charge on any atom is 0.257 e. The lowest BCUT2D eigenvalue weighted by Gasteiger charge is -2.27. The topological polar surface area (TPSA) is 64.3 Å². The molecule has 0 radical (unpaired) electrons. The molecule has 4 nitrogen and oxygen atoms in total. The average Bonchev–Trinajstić information content (AvgIpc) is 2.52. The van der Waals surface area contributed by atoms with Crippen LogP contribution in [0.3, 0.4) is 0 Å². The molecule has 0 aromatic heterocycles. The minimum Gasteiger partial charge on any atom is -0.482 e. The fourth-order valence-electron chi connectivity index (χ4n) is 2.91. The van der Waals surface area contributed by atoms with Gasteiger partial charge in [-0.15, -0.1) is 0 Å². The van der Waals surface area contributed by atoms with Crippen molar-refractivity contribution in [3.8, 4) is 5.75 Å². The monoisotopic (exact) mass is 290 g/mol. The molecular weight excluding hydrogens is 264 g/mol. The maximum atomic E-state index is 11.8. The molecule has 0 heterocycles. The first kappa shape index (κ1) is 15.7. The van der Waals surface area contributed by atoms with Gasteiger partial charge >= 0.3 is 0 Å². The highest BCUT2D eigenvalue weighted by Crippen LogP contribution is 2.30. The zero-order valence-electron chi connectivity index (χ0n) is 12.8. The molecule has 0 saturated heterocycles. The van der Waals surface area contributed by atoms with Crippen molar-refractivity contribution in [3.05, 3.63) is 24.3 Å². The van der Waals surface area contributed by atoms with Crippen LogP contribution in [0.4, 0.5) is 5.69 Å². The Hall–Kier alpha value is -1.71. The standard InChI is InChI=1S/C17H26N2O2/c1-2-13-7-9-14(10-8-13)11-19-17(20)12-21-16-6-4-3-5-15(16)18/h3-6,13-14H,2,7-12,18H2,1H3,(H,19,20). The van der Waals surface area contributed by atoms with Gasteiger partial charge in [-0.25, -0.2) is 0 Å². The van der Waals surface area contributed by atoms with Crippen LogP contribution >= 0.6 is 0 Å². The average molecular weight is 290 g/mol. The number of rotatable bonds is 6. The Kier molecular flexibility index (Phi) is 5.90. The zero-order valence-corrected chi connectivity index (χ0v) is 12.8. The summed E-state index contributed by atoms with van der Waals surface area (Å²) in [4.78, 5) is 11.8. The SMILES string of the molecule is CCC1CCC(CNC(=O)COc2ccccc2N)CC1. The van der Waals surface area contributed by atoms with E-state index in [1.54, 1.807) is 12.1 Å². The van der Waals surface area contributed by atoms with Gasteiger partial charge in [-0.05, 0) is 36.8 Å². The van der Waals surface area contributed by atoms with Crippen molar-refractivity contribution in [2.75, 3.05) is 18.9 Å². The fourth-order valence-corrected chi connectivity index (χ4v) is 2.91. The first-order chi connectivity index (χ1) is 10.2. The summed E-state index contributed by atoms with van der Waals surface area (Å²) in [5.74, 6) is 2.01. The lowest BCUT2D eigenvalue weighted by Crippen LogP contribution is -2.34. The summed E-state index contributed by atoms with van der Waals surface area (Å²) < 4.78 is 5.44. The van der Waals surface area contributed by atoms with E-state index in [0.717, 1.165) is 12.5 Å². The lowest BCUT2D eigenvalue weighted by molar-refractivity contribution is -0.123. The number of nitrogens with one attached hydrogen (secondary N) is 1. The molecule has 116 valence electrons. The number of ether oxygens (including phenoxy) is 1. The second kappa shape index (κ2) is 7.91. The first-order valence-corrected chi connectivity index (χ1v) is 7.93. The van der Waals surface area contributed by atoms with Gasteiger partial charge in [-0.3, -0.25) is 4.79 Å². The third-order valence-electron chi connectivity index (χ3n) is 4.41. The van der Waals surface area contributed by atoms with Gasteiger partial charge in [0.1, 0.15) is 5.75 Å². The van der Waals surface area contributed by atoms with E-state index in [0.29, 0.717) is 17.4 Å². The van der Waals surface area contributed by atoms with Crippen LogP contribution < -0.4 is 15.8 Å². The Balaban J connectivity index is 1.65. The van der Waals surface area contributed by atoms with Gasteiger partial charge in [-0.1, -0.05) is 38.3 Å². The quantitative estimate of drug-likeness (QED) is 0.792. The molecule has 1 aromatic rings. The van der Waals surface area contributed by atoms with E-state index in [2.05, 4.69) is 12.2 Å². The van der Waals surface area contributed by atoms with E-state index < -0.39 is 0 Å². The zero-order chi connectivity index (χ0) is 15.1. The van der Waals surface area contributed by atoms with E-state index in [1.807, 2.05) is 12.1 Å². The summed E-state index contributed by atoms with van der Waals surface area (Å²) in [6.45, 7) is 3.06. The minimum absolute atomic E-state index is 0.0263. The van der Waals surface area contributed by atoms with Crippen molar-refractivity contribution in [1.29, 1.82) is 0 Å². The van der Waals surface area contributed by atoms with Gasteiger partial charge in [0.25, 0.3) is 5.91 Å². The number of nitrogen functional groups attached to an aromatic ring is 1. The van der Waals surface area contributed by atoms with Crippen molar-refractivity contribution >= 4 is 11.6 Å². The van der Waals surface area contributed by atoms with E-state index in [-0.39, 0.29) is 12.5 Å². The Morgan fingerprint density at radius 1 is 1.24 bits per heavy atom. The number of carbonyl (C=O) groups excluding carboxylic acids is 1. The first-order valence-electron chi connectivity index (χ1n) is 7.93. The molecule has 0 atom stereocenters. The summed E-state index contributed by atoms with van der Waals surface area (Å²) in [6.07, 6.45) is 6.34. The van der Waals surface area contributed by atoms with Crippen LogP contribution in [0.25, 0.3) is 0 Å². The predicted octanol–water partition coefficient (Wildman–Crippen LogP) is 2.98. The smallest absolute Gasteiger partial charge is 0.257 e. The second-order valence-corrected chi connectivity index (χ2v) is 5.93. The molecule has 1 amide bonds. The Bertz CT molecular complexity index is 454. The number of nitrogens with two attached hydrogens (primary N) is 1. The van der Waals surface area contributed by atoms with Gasteiger partial charge in [0, 0.05) is 6.54 Å². The predicted molar refractivity (Wildman–Crippen MR) is 85.1 cm³/mol. The van der Waals surface area contributed by atoms with Crippen molar-refractivity contribution in [2.24, 2.45) is 11.8 Å². The molecule has 1 aromatic carbocycles. The number of amides is 1. The highest BCUT2D eigenvalue weighted by Gasteiger charge is 2.20. The van der Waals surface area contributed by atoms with Crippen molar-refractivity contribution in [3.63, 3.8) is 0 Å². The summed E-state index contributed by atoms with van der Waals surface area (Å²) in [7, 11) is 0. The van der Waals surface area contributed by atoms with E-state index in [4.69, 9.17) is 10.5 Å². The number of hydrogen-bond donors (Lipinski definition) is 2. The summed E-state index contributed by atoms with van der Waals surface area (Å²) in [6, 6.07) is 7.22. The molecule has 21 heavy (non-hydrogen) atoms. The molecule has 0 unspecified atom stereocenters. The van der Waals surface area contributed by atoms with Crippen LogP contribution in [0.5, 0.6) is 5.75 Å². The van der Waals surface area contributed by atoms with Gasteiger partial charge in [0.05, 0.1) is 5.69 Å². The third kappa shape index (κ3) is 4.96. The number of carbonyl (C=O) groups is 1. The van der Waals surface area contributed by atoms with Gasteiger partial charge in [0.2, 0.25) is 0 Å². The van der Waals surface area contributed by atoms with E-state index in [1.165, 1.54) is 32.1 Å². The molecule has 2 rings (SSSR count). The Labute approximate surface area is 127 Å². The largest absolute Gasteiger partial charge is 0.482 e. The van der Waals surface area contributed by atoms with Gasteiger partial charge < -0.3 is 15.8 Å². The van der Waals surface area contributed by atoms with Crippen molar-refractivity contribution in [1.82, 2.24) is 5.32 Å².